The van der Waals surface area contributed by atoms with Crippen LogP contribution >= 0.6 is 0 Å². The Kier molecular flexibility index (Phi) is 8.09. The fourth-order valence-corrected chi connectivity index (χ4v) is 2.40. The predicted octanol–water partition coefficient (Wildman–Crippen LogP) is 4.48. The molecule has 0 atom stereocenters. The van der Waals surface area contributed by atoms with Crippen LogP contribution in [-0.4, -0.2) is 24.5 Å². The zero-order chi connectivity index (χ0) is 19.9. The van der Waals surface area contributed by atoms with Crippen LogP contribution in [0.5, 0.6) is 0 Å². The Morgan fingerprint density at radius 3 is 2.38 bits per heavy atom. The zero-order valence-electron chi connectivity index (χ0n) is 16.7. The molecule has 7 heteroatoms. The van der Waals surface area contributed by atoms with Gasteiger partial charge in [0.2, 0.25) is 0 Å². The van der Waals surface area contributed by atoms with Gasteiger partial charge in [-0.1, -0.05) is 41.5 Å². The number of pyridine rings is 1. The molecule has 3 aromatic heterocycles. The summed E-state index contributed by atoms with van der Waals surface area (Å²) in [7, 11) is 0. The van der Waals surface area contributed by atoms with E-state index in [1.165, 1.54) is 6.07 Å². The van der Waals surface area contributed by atoms with Crippen LogP contribution in [0.15, 0.2) is 18.6 Å². The Bertz CT molecular complexity index is 841. The van der Waals surface area contributed by atoms with E-state index < -0.39 is 5.82 Å². The van der Waals surface area contributed by atoms with Crippen molar-refractivity contribution in [3.8, 4) is 0 Å². The molecule has 0 unspecified atom stereocenters. The van der Waals surface area contributed by atoms with Crippen LogP contribution in [0.1, 0.15) is 64.5 Å². The van der Waals surface area contributed by atoms with E-state index >= 15 is 0 Å². The number of nitrogens with zero attached hydrogens (tertiary/aromatic N) is 5. The zero-order valence-corrected chi connectivity index (χ0v) is 16.7. The number of anilines is 1. The van der Waals surface area contributed by atoms with Gasteiger partial charge in [0.05, 0.1) is 24.8 Å². The minimum Gasteiger partial charge on any atom is -0.383 e. The third-order valence-corrected chi connectivity index (χ3v) is 3.46. The van der Waals surface area contributed by atoms with E-state index in [-0.39, 0.29) is 5.92 Å². The predicted molar refractivity (Wildman–Crippen MR) is 105 cm³/mol. The highest BCUT2D eigenvalue weighted by Crippen LogP contribution is 2.22. The highest BCUT2D eigenvalue weighted by atomic mass is 19.1. The van der Waals surface area contributed by atoms with Gasteiger partial charge in [-0.25, -0.2) is 24.3 Å². The fraction of sp³-hybridized carbons (Fsp3) is 0.474. The summed E-state index contributed by atoms with van der Waals surface area (Å²) in [6.07, 6.45) is 2.78. The third-order valence-electron chi connectivity index (χ3n) is 3.46. The van der Waals surface area contributed by atoms with Crippen LogP contribution < -0.4 is 5.73 Å². The normalized spacial score (nSPS) is 10.2. The lowest BCUT2D eigenvalue weighted by atomic mass is 10.1. The topological polar surface area (TPSA) is 82.5 Å². The molecule has 0 saturated heterocycles. The molecule has 0 saturated carbocycles. The van der Waals surface area contributed by atoms with E-state index in [9.17, 15) is 4.39 Å². The largest absolute Gasteiger partial charge is 0.383 e. The van der Waals surface area contributed by atoms with E-state index in [1.807, 2.05) is 39.2 Å². The van der Waals surface area contributed by atoms with Crippen LogP contribution in [-0.2, 0) is 6.54 Å². The van der Waals surface area contributed by atoms with E-state index in [0.29, 0.717) is 23.8 Å². The molecule has 6 nitrogen and oxygen atoms in total. The SMILES string of the molecule is CC.CC.Cc1nc(C(C)C)c2ncn(Cc3cc(F)cnc3N)c2n1. The van der Waals surface area contributed by atoms with Gasteiger partial charge in [-0.3, -0.25) is 0 Å². The maximum absolute atomic E-state index is 13.4. The molecule has 3 heterocycles. The van der Waals surface area contributed by atoms with Crippen LogP contribution in [0.4, 0.5) is 10.2 Å². The summed E-state index contributed by atoms with van der Waals surface area (Å²) in [6.45, 7) is 14.3. The molecular formula is C19H29FN6. The summed E-state index contributed by atoms with van der Waals surface area (Å²) in [5, 5.41) is 0. The second-order valence-electron chi connectivity index (χ2n) is 5.55. The van der Waals surface area contributed by atoms with Gasteiger partial charge < -0.3 is 10.3 Å². The Labute approximate surface area is 154 Å². The molecular weight excluding hydrogens is 331 g/mol. The first-order chi connectivity index (χ1) is 12.5. The standard InChI is InChI=1S/C15H17FN6.2C2H6/c1-8(2)12-13-15(21-9(3)20-12)22(7-19-13)6-10-4-11(16)5-18-14(10)17;2*1-2/h4-5,7-8H,6H2,1-3H3,(H2,17,18);2*1-2H3. The summed E-state index contributed by atoms with van der Waals surface area (Å²) < 4.78 is 15.2. The van der Waals surface area contributed by atoms with Gasteiger partial charge >= 0.3 is 0 Å². The summed E-state index contributed by atoms with van der Waals surface area (Å²) >= 11 is 0. The first kappa shape index (κ1) is 21.5. The molecule has 0 bridgehead atoms. The van der Waals surface area contributed by atoms with Gasteiger partial charge in [-0.15, -0.1) is 0 Å². The van der Waals surface area contributed by atoms with Crippen molar-refractivity contribution in [1.29, 1.82) is 0 Å². The lowest BCUT2D eigenvalue weighted by molar-refractivity contribution is 0.617. The van der Waals surface area contributed by atoms with Crippen molar-refractivity contribution in [2.45, 2.75) is 60.9 Å². The van der Waals surface area contributed by atoms with Crippen molar-refractivity contribution < 1.29 is 4.39 Å². The number of fused-ring (bicyclic) bond motifs is 1. The summed E-state index contributed by atoms with van der Waals surface area (Å²) in [5.74, 6) is 0.817. The number of halogens is 1. The monoisotopic (exact) mass is 360 g/mol. The lowest BCUT2D eigenvalue weighted by Crippen LogP contribution is -2.06. The van der Waals surface area contributed by atoms with Crippen LogP contribution in [0.25, 0.3) is 11.2 Å². The summed E-state index contributed by atoms with van der Waals surface area (Å²) in [5.41, 5.74) is 8.81. The average molecular weight is 360 g/mol. The average Bonchev–Trinajstić information content (AvgIpc) is 3.03. The smallest absolute Gasteiger partial charge is 0.164 e. The number of aryl methyl sites for hydroxylation is 1. The van der Waals surface area contributed by atoms with Crippen molar-refractivity contribution >= 4 is 17.0 Å². The van der Waals surface area contributed by atoms with Crippen molar-refractivity contribution in [3.05, 3.63) is 41.5 Å². The number of aromatic nitrogens is 5. The Hall–Kier alpha value is -2.57. The van der Waals surface area contributed by atoms with Crippen molar-refractivity contribution in [2.75, 3.05) is 5.73 Å². The van der Waals surface area contributed by atoms with Crippen LogP contribution in [0.2, 0.25) is 0 Å². The van der Waals surface area contributed by atoms with E-state index in [2.05, 4.69) is 33.8 Å². The maximum atomic E-state index is 13.4. The highest BCUT2D eigenvalue weighted by Gasteiger charge is 2.15. The molecule has 3 aromatic rings. The van der Waals surface area contributed by atoms with E-state index in [1.54, 1.807) is 6.33 Å². The molecule has 0 radical (unpaired) electrons. The highest BCUT2D eigenvalue weighted by molar-refractivity contribution is 5.74. The molecule has 0 aliphatic heterocycles. The molecule has 0 aliphatic rings. The first-order valence-electron chi connectivity index (χ1n) is 9.05. The molecule has 0 fully saturated rings. The second kappa shape index (κ2) is 9.79. The number of imidazole rings is 1. The van der Waals surface area contributed by atoms with Crippen molar-refractivity contribution in [1.82, 2.24) is 24.5 Å². The molecule has 0 aliphatic carbocycles. The number of hydrogen-bond acceptors (Lipinski definition) is 5. The van der Waals surface area contributed by atoms with Gasteiger partial charge in [0.1, 0.15) is 23.0 Å². The van der Waals surface area contributed by atoms with E-state index in [4.69, 9.17) is 5.73 Å². The van der Waals surface area contributed by atoms with Gasteiger partial charge in [0.15, 0.2) is 5.65 Å². The minimum absolute atomic E-state index is 0.244. The molecule has 0 aromatic carbocycles. The van der Waals surface area contributed by atoms with Crippen LogP contribution in [0, 0.1) is 12.7 Å². The number of nitrogen functional groups attached to an aromatic ring is 1. The molecule has 0 amide bonds. The van der Waals surface area contributed by atoms with Crippen molar-refractivity contribution in [3.63, 3.8) is 0 Å². The minimum atomic E-state index is -0.415. The number of hydrogen-bond donors (Lipinski definition) is 1. The third kappa shape index (κ3) is 4.74. The van der Waals surface area contributed by atoms with E-state index in [0.717, 1.165) is 23.1 Å². The van der Waals surface area contributed by atoms with Crippen molar-refractivity contribution in [2.24, 2.45) is 0 Å². The lowest BCUT2D eigenvalue weighted by Gasteiger charge is -2.09. The molecule has 142 valence electrons. The number of rotatable bonds is 3. The van der Waals surface area contributed by atoms with Gasteiger partial charge in [-0.2, -0.15) is 0 Å². The maximum Gasteiger partial charge on any atom is 0.164 e. The Balaban J connectivity index is 0.000000791. The molecule has 3 rings (SSSR count). The Morgan fingerprint density at radius 2 is 1.77 bits per heavy atom. The van der Waals surface area contributed by atoms with Gasteiger partial charge in [0, 0.05) is 5.56 Å². The van der Waals surface area contributed by atoms with Crippen LogP contribution in [0.3, 0.4) is 0 Å². The first-order valence-corrected chi connectivity index (χ1v) is 9.05. The summed E-state index contributed by atoms with van der Waals surface area (Å²) in [6, 6.07) is 1.38. The quantitative estimate of drug-likeness (QED) is 0.745. The number of nitrogens with two attached hydrogens (primary N) is 1. The molecule has 26 heavy (non-hydrogen) atoms. The van der Waals surface area contributed by atoms with Gasteiger partial charge in [0.25, 0.3) is 0 Å². The molecule has 2 N–H and O–H groups in total. The molecule has 0 spiro atoms. The summed E-state index contributed by atoms with van der Waals surface area (Å²) in [4.78, 5) is 17.2. The second-order valence-corrected chi connectivity index (χ2v) is 5.55. The Morgan fingerprint density at radius 1 is 1.12 bits per heavy atom. The fourth-order valence-electron chi connectivity index (χ4n) is 2.40. The van der Waals surface area contributed by atoms with Gasteiger partial charge in [-0.05, 0) is 18.9 Å².